The monoisotopic (exact) mass is 638 g/mol. The summed E-state index contributed by atoms with van der Waals surface area (Å²) in [5, 5.41) is 2.93. The number of ether oxygens (including phenoxy) is 3. The number of benzene rings is 3. The van der Waals surface area contributed by atoms with Crippen LogP contribution in [0.2, 0.25) is 0 Å². The van der Waals surface area contributed by atoms with E-state index < -0.39 is 47.9 Å². The summed E-state index contributed by atoms with van der Waals surface area (Å²) in [7, 11) is 1.50. The summed E-state index contributed by atoms with van der Waals surface area (Å²) in [5.74, 6) is -1.05. The Morgan fingerprint density at radius 2 is 1.36 bits per heavy atom. The Hall–Kier alpha value is -4.26. The maximum absolute atomic E-state index is 13.2. The predicted molar refractivity (Wildman–Crippen MR) is 151 cm³/mol. The number of hydrogen-bond acceptors (Lipinski definition) is 6. The van der Waals surface area contributed by atoms with E-state index in [0.29, 0.717) is 29.0 Å². The van der Waals surface area contributed by atoms with Crippen molar-refractivity contribution in [3.05, 3.63) is 95.1 Å². The second kappa shape index (κ2) is 14.7. The zero-order valence-corrected chi connectivity index (χ0v) is 24.3. The molecule has 0 aromatic heterocycles. The van der Waals surface area contributed by atoms with E-state index in [0.717, 1.165) is 50.2 Å². The Bertz CT molecular complexity index is 1400. The molecule has 2 atom stereocenters. The highest BCUT2D eigenvalue weighted by atomic mass is 19.4. The summed E-state index contributed by atoms with van der Waals surface area (Å²) in [4.78, 5) is 28.5. The largest absolute Gasteiger partial charge is 0.573 e. The zero-order chi connectivity index (χ0) is 32.6. The summed E-state index contributed by atoms with van der Waals surface area (Å²) in [6.45, 7) is 1.86. The van der Waals surface area contributed by atoms with Crippen molar-refractivity contribution in [3.8, 4) is 11.5 Å². The molecule has 1 saturated heterocycles. The maximum Gasteiger partial charge on any atom is 0.573 e. The third-order valence-corrected chi connectivity index (χ3v) is 7.22. The lowest BCUT2D eigenvalue weighted by molar-refractivity contribution is -0.274. The fourth-order valence-corrected chi connectivity index (χ4v) is 5.05. The second-order valence-electron chi connectivity index (χ2n) is 10.6. The first-order chi connectivity index (χ1) is 21.3. The normalized spacial score (nSPS) is 15.3. The van der Waals surface area contributed by atoms with Gasteiger partial charge in [-0.2, -0.15) is 13.2 Å². The van der Waals surface area contributed by atoms with Crippen molar-refractivity contribution >= 4 is 11.9 Å². The Labute approximate surface area is 256 Å². The molecule has 1 aliphatic heterocycles. The van der Waals surface area contributed by atoms with E-state index in [4.69, 9.17) is 9.47 Å². The van der Waals surface area contributed by atoms with Crippen molar-refractivity contribution in [2.45, 2.75) is 50.4 Å². The number of nitrogens with one attached hydrogen (secondary N) is 1. The number of carbonyl (C=O) groups is 2. The van der Waals surface area contributed by atoms with Gasteiger partial charge in [0, 0.05) is 6.54 Å². The molecule has 1 aliphatic rings. The topological polar surface area (TPSA) is 77.1 Å². The van der Waals surface area contributed by atoms with Gasteiger partial charge in [0.15, 0.2) is 0 Å². The van der Waals surface area contributed by atoms with Crippen LogP contribution >= 0.6 is 0 Å². The molecule has 4 rings (SSSR count). The molecule has 0 aliphatic carbocycles. The van der Waals surface area contributed by atoms with Gasteiger partial charge in [0.05, 0.1) is 31.6 Å². The van der Waals surface area contributed by atoms with Crippen LogP contribution in [0.15, 0.2) is 72.8 Å². The van der Waals surface area contributed by atoms with Gasteiger partial charge in [-0.3, -0.25) is 9.59 Å². The maximum atomic E-state index is 13.2. The third-order valence-electron chi connectivity index (χ3n) is 7.22. The van der Waals surface area contributed by atoms with Gasteiger partial charge in [0.1, 0.15) is 17.6 Å². The van der Waals surface area contributed by atoms with Crippen molar-refractivity contribution in [1.82, 2.24) is 10.2 Å². The number of methoxy groups -OCH3 is 1. The first-order valence-electron chi connectivity index (χ1n) is 14.1. The number of carbonyl (C=O) groups excluding carboxylic acids is 2. The molecule has 3 aromatic carbocycles. The van der Waals surface area contributed by atoms with Crippen LogP contribution < -0.4 is 14.8 Å². The van der Waals surface area contributed by atoms with Gasteiger partial charge in [0.25, 0.3) is 0 Å². The molecule has 1 heterocycles. The minimum atomic E-state index is -4.85. The molecule has 1 N–H and O–H groups in total. The predicted octanol–water partition coefficient (Wildman–Crippen LogP) is 6.26. The van der Waals surface area contributed by atoms with Gasteiger partial charge >= 0.3 is 18.5 Å². The van der Waals surface area contributed by atoms with Crippen LogP contribution in [-0.2, 0) is 33.3 Å². The van der Waals surface area contributed by atoms with E-state index in [1.807, 2.05) is 0 Å². The van der Waals surface area contributed by atoms with E-state index >= 15 is 0 Å². The number of halogens is 6. The number of amides is 1. The van der Waals surface area contributed by atoms with Crippen LogP contribution in [0.1, 0.15) is 41.2 Å². The Morgan fingerprint density at radius 1 is 0.800 bits per heavy atom. The Kier molecular flexibility index (Phi) is 11.0. The van der Waals surface area contributed by atoms with Crippen molar-refractivity contribution in [2.75, 3.05) is 26.7 Å². The van der Waals surface area contributed by atoms with E-state index in [-0.39, 0.29) is 12.8 Å². The first kappa shape index (κ1) is 33.6. The summed E-state index contributed by atoms with van der Waals surface area (Å²) in [5.41, 5.74) is 0.478. The molecule has 0 spiro atoms. The lowest BCUT2D eigenvalue weighted by atomic mass is 10.00. The number of alkyl halides is 6. The molecule has 0 unspecified atom stereocenters. The van der Waals surface area contributed by atoms with Gasteiger partial charge in [-0.05, 0) is 79.0 Å². The van der Waals surface area contributed by atoms with Gasteiger partial charge in [-0.15, -0.1) is 13.2 Å². The molecular formula is C32H32F6N2O5. The highest BCUT2D eigenvalue weighted by molar-refractivity contribution is 5.79. The summed E-state index contributed by atoms with van der Waals surface area (Å²) in [6, 6.07) is 15.1. The van der Waals surface area contributed by atoms with Gasteiger partial charge in [0.2, 0.25) is 5.91 Å². The molecule has 0 saturated carbocycles. The lowest BCUT2D eigenvalue weighted by Gasteiger charge is -2.31. The van der Waals surface area contributed by atoms with E-state index in [1.165, 1.54) is 31.4 Å². The fourth-order valence-electron chi connectivity index (χ4n) is 5.05. The lowest BCUT2D eigenvalue weighted by Crippen LogP contribution is -2.48. The molecule has 242 valence electrons. The van der Waals surface area contributed by atoms with Crippen LogP contribution in [0.3, 0.4) is 0 Å². The minimum Gasteiger partial charge on any atom is -0.497 e. The van der Waals surface area contributed by atoms with E-state index in [9.17, 15) is 35.9 Å². The van der Waals surface area contributed by atoms with Crippen LogP contribution in [0.5, 0.6) is 11.5 Å². The van der Waals surface area contributed by atoms with Gasteiger partial charge in [-0.25, -0.2) is 0 Å². The molecule has 1 fully saturated rings. The Morgan fingerprint density at radius 3 is 1.91 bits per heavy atom. The minimum absolute atomic E-state index is 0.204. The second-order valence-corrected chi connectivity index (χ2v) is 10.6. The van der Waals surface area contributed by atoms with Crippen LogP contribution in [0, 0.1) is 0 Å². The molecule has 0 bridgehead atoms. The molecular weight excluding hydrogens is 606 g/mol. The van der Waals surface area contributed by atoms with Crippen LogP contribution in [0.25, 0.3) is 0 Å². The smallest absolute Gasteiger partial charge is 0.497 e. The molecule has 1 amide bonds. The van der Waals surface area contributed by atoms with E-state index in [1.54, 1.807) is 24.3 Å². The van der Waals surface area contributed by atoms with Crippen molar-refractivity contribution in [3.63, 3.8) is 0 Å². The summed E-state index contributed by atoms with van der Waals surface area (Å²) in [6.07, 6.45) is -8.91. The molecule has 7 nitrogen and oxygen atoms in total. The van der Waals surface area contributed by atoms with Crippen LogP contribution in [-0.4, -0.2) is 55.9 Å². The van der Waals surface area contributed by atoms with Crippen LogP contribution in [0.4, 0.5) is 26.3 Å². The highest BCUT2D eigenvalue weighted by Crippen LogP contribution is 2.30. The summed E-state index contributed by atoms with van der Waals surface area (Å²) < 4.78 is 91.6. The van der Waals surface area contributed by atoms with Gasteiger partial charge < -0.3 is 24.4 Å². The molecule has 3 aromatic rings. The molecule has 13 heteroatoms. The first-order valence-corrected chi connectivity index (χ1v) is 14.1. The Balaban J connectivity index is 1.54. The van der Waals surface area contributed by atoms with E-state index in [2.05, 4.69) is 15.0 Å². The number of hydrogen-bond donors (Lipinski definition) is 1. The average Bonchev–Trinajstić information content (AvgIpc) is 3.49. The highest BCUT2D eigenvalue weighted by Gasteiger charge is 2.33. The number of likely N-dealkylation sites (tertiary alicyclic amines) is 1. The van der Waals surface area contributed by atoms with Crippen molar-refractivity contribution < 1.29 is 50.1 Å². The number of nitrogens with zero attached hydrogens (tertiary/aromatic N) is 1. The molecule has 0 radical (unpaired) electrons. The fraction of sp³-hybridized carbons (Fsp3) is 0.375. The number of rotatable bonds is 12. The standard InChI is InChI=1S/C32H32F6N2O5/c1-43-25-14-8-23(9-15-25)30(44-29(42)19-22-6-12-26(13-7-22)45-32(36,37)38)27(20-40-16-2-3-17-40)39-28(41)18-21-4-10-24(11-5-21)31(33,34)35/h4-15,27,30H,2-3,16-20H2,1H3,(H,39,41)/t27-,30-/m1/s1. The van der Waals surface area contributed by atoms with Crippen molar-refractivity contribution in [1.29, 1.82) is 0 Å². The van der Waals surface area contributed by atoms with Crippen molar-refractivity contribution in [2.24, 2.45) is 0 Å². The van der Waals surface area contributed by atoms with Gasteiger partial charge in [-0.1, -0.05) is 36.4 Å². The molecule has 45 heavy (non-hydrogen) atoms. The quantitative estimate of drug-likeness (QED) is 0.187. The number of esters is 1. The third kappa shape index (κ3) is 10.4. The zero-order valence-electron chi connectivity index (χ0n) is 24.3. The average molecular weight is 639 g/mol. The SMILES string of the molecule is COc1ccc([C@@H](OC(=O)Cc2ccc(OC(F)(F)F)cc2)[C@@H](CN2CCCC2)NC(=O)Cc2ccc(C(F)(F)F)cc2)cc1. The summed E-state index contributed by atoms with van der Waals surface area (Å²) >= 11 is 0.